The van der Waals surface area contributed by atoms with Crippen molar-refractivity contribution in [2.24, 2.45) is 5.92 Å². The van der Waals surface area contributed by atoms with Crippen LogP contribution in [0.5, 0.6) is 0 Å². The van der Waals surface area contributed by atoms with Crippen LogP contribution in [0, 0.1) is 5.92 Å². The Morgan fingerprint density at radius 2 is 1.97 bits per heavy atom. The molecule has 2 aromatic heterocycles. The summed E-state index contributed by atoms with van der Waals surface area (Å²) in [6, 6.07) is 16.6. The summed E-state index contributed by atoms with van der Waals surface area (Å²) >= 11 is 3.44. The number of hydrogen-bond acceptors (Lipinski definition) is 5. The van der Waals surface area contributed by atoms with Crippen molar-refractivity contribution in [1.82, 2.24) is 19.6 Å². The van der Waals surface area contributed by atoms with E-state index < -0.39 is 0 Å². The predicted octanol–water partition coefficient (Wildman–Crippen LogP) is 4.40. The van der Waals surface area contributed by atoms with E-state index in [2.05, 4.69) is 49.9 Å². The highest BCUT2D eigenvalue weighted by Gasteiger charge is 2.23. The van der Waals surface area contributed by atoms with Gasteiger partial charge in [0.1, 0.15) is 5.65 Å². The van der Waals surface area contributed by atoms with E-state index in [9.17, 15) is 4.79 Å². The molecule has 3 aromatic rings. The molecule has 1 N–H and O–H groups in total. The first-order chi connectivity index (χ1) is 15.3. The summed E-state index contributed by atoms with van der Waals surface area (Å²) in [7, 11) is 0. The van der Waals surface area contributed by atoms with Gasteiger partial charge in [-0.1, -0.05) is 36.0 Å². The van der Waals surface area contributed by atoms with Crippen LogP contribution in [0.3, 0.4) is 0 Å². The van der Waals surface area contributed by atoms with Gasteiger partial charge in [-0.3, -0.25) is 9.20 Å². The maximum absolute atomic E-state index is 12.8. The van der Waals surface area contributed by atoms with E-state index in [-0.39, 0.29) is 5.91 Å². The molecule has 0 radical (unpaired) electrons. The lowest BCUT2D eigenvalue weighted by Crippen LogP contribution is -2.39. The smallest absolute Gasteiger partial charge is 0.258 e. The van der Waals surface area contributed by atoms with Gasteiger partial charge in [0.15, 0.2) is 0 Å². The number of thioether (sulfide) groups is 2. The van der Waals surface area contributed by atoms with Crippen molar-refractivity contribution < 1.29 is 4.79 Å². The Labute approximate surface area is 191 Å². The molecular weight excluding hydrogens is 424 g/mol. The third-order valence-corrected chi connectivity index (χ3v) is 7.96. The molecule has 4 heterocycles. The number of pyridine rings is 1. The zero-order valence-electron chi connectivity index (χ0n) is 17.4. The number of rotatable bonds is 7. The standard InChI is InChI=1S/C24H26N4OS2/c29-24(21-15-19-17-25-22-7-4-8-23(31-21)28(19)22)26-16-18-9-11-27(12-10-18)13-14-30-20-5-2-1-3-6-20/h1-8,15,17-18H,9-14,16H2,(H,26,29). The minimum atomic E-state index is 0.0242. The Bertz CT molecular complexity index is 1090. The average molecular weight is 451 g/mol. The molecule has 5 nitrogen and oxygen atoms in total. The molecule has 5 rings (SSSR count). The molecule has 0 aliphatic carbocycles. The van der Waals surface area contributed by atoms with Crippen LogP contribution >= 0.6 is 23.5 Å². The number of amides is 1. The van der Waals surface area contributed by atoms with E-state index in [0.29, 0.717) is 5.92 Å². The van der Waals surface area contributed by atoms with Crippen LogP contribution < -0.4 is 5.32 Å². The highest BCUT2D eigenvalue weighted by atomic mass is 32.2. The van der Waals surface area contributed by atoms with Gasteiger partial charge >= 0.3 is 0 Å². The summed E-state index contributed by atoms with van der Waals surface area (Å²) in [5, 5.41) is 4.22. The number of nitrogens with one attached hydrogen (secondary N) is 1. The number of benzene rings is 1. The average Bonchev–Trinajstić information content (AvgIpc) is 3.23. The monoisotopic (exact) mass is 450 g/mol. The van der Waals surface area contributed by atoms with E-state index in [1.807, 2.05) is 42.2 Å². The fourth-order valence-corrected chi connectivity index (χ4v) is 6.09. The van der Waals surface area contributed by atoms with Crippen LogP contribution in [0.4, 0.5) is 0 Å². The SMILES string of the molecule is O=C(NCC1CCN(CCSc2ccccc2)CC1)C1=Cc2cnc3cccc(n23)S1. The topological polar surface area (TPSA) is 49.6 Å². The van der Waals surface area contributed by atoms with Gasteiger partial charge < -0.3 is 10.2 Å². The van der Waals surface area contributed by atoms with E-state index in [0.717, 1.165) is 66.0 Å². The van der Waals surface area contributed by atoms with Crippen molar-refractivity contribution in [3.05, 3.63) is 65.3 Å². The second-order valence-corrected chi connectivity index (χ2v) is 10.2. The van der Waals surface area contributed by atoms with Gasteiger partial charge in [0, 0.05) is 23.7 Å². The Hall–Kier alpha value is -2.22. The Morgan fingerprint density at radius 1 is 1.13 bits per heavy atom. The summed E-state index contributed by atoms with van der Waals surface area (Å²) in [6.45, 7) is 4.12. The number of likely N-dealkylation sites (tertiary alicyclic amines) is 1. The molecule has 1 fully saturated rings. The Morgan fingerprint density at radius 3 is 2.81 bits per heavy atom. The lowest BCUT2D eigenvalue weighted by atomic mass is 9.97. The summed E-state index contributed by atoms with van der Waals surface area (Å²) in [4.78, 5) is 21.8. The molecule has 0 saturated carbocycles. The minimum absolute atomic E-state index is 0.0242. The highest BCUT2D eigenvalue weighted by molar-refractivity contribution is 8.04. The number of hydrogen-bond donors (Lipinski definition) is 1. The largest absolute Gasteiger partial charge is 0.351 e. The molecule has 0 spiro atoms. The zero-order chi connectivity index (χ0) is 21.0. The van der Waals surface area contributed by atoms with Gasteiger partial charge in [-0.25, -0.2) is 4.98 Å². The predicted molar refractivity (Wildman–Crippen MR) is 128 cm³/mol. The Kier molecular flexibility index (Phi) is 6.34. The van der Waals surface area contributed by atoms with E-state index in [1.54, 1.807) is 0 Å². The third-order valence-electron chi connectivity index (χ3n) is 5.92. The molecule has 2 aliphatic heterocycles. The number of carbonyl (C=O) groups excluding carboxylic acids is 1. The van der Waals surface area contributed by atoms with Gasteiger partial charge in [-0.2, -0.15) is 0 Å². The molecule has 7 heteroatoms. The first-order valence-electron chi connectivity index (χ1n) is 10.8. The van der Waals surface area contributed by atoms with Crippen molar-refractivity contribution in [1.29, 1.82) is 0 Å². The normalized spacial score (nSPS) is 17.0. The zero-order valence-corrected chi connectivity index (χ0v) is 19.0. The summed E-state index contributed by atoms with van der Waals surface area (Å²) in [6.07, 6.45) is 6.07. The van der Waals surface area contributed by atoms with Gasteiger partial charge in [0.25, 0.3) is 5.91 Å². The first-order valence-corrected chi connectivity index (χ1v) is 12.6. The van der Waals surface area contributed by atoms with E-state index >= 15 is 0 Å². The van der Waals surface area contributed by atoms with Crippen LogP contribution in [0.1, 0.15) is 18.5 Å². The molecule has 160 valence electrons. The fourth-order valence-electron chi connectivity index (χ4n) is 4.15. The van der Waals surface area contributed by atoms with Crippen molar-refractivity contribution in [3.8, 4) is 0 Å². The molecule has 31 heavy (non-hydrogen) atoms. The van der Waals surface area contributed by atoms with Crippen LogP contribution in [-0.2, 0) is 4.79 Å². The van der Waals surface area contributed by atoms with Crippen molar-refractivity contribution in [2.45, 2.75) is 22.8 Å². The third kappa shape index (κ3) is 4.84. The van der Waals surface area contributed by atoms with Gasteiger partial charge in [0.2, 0.25) is 0 Å². The maximum atomic E-state index is 12.8. The lowest BCUT2D eigenvalue weighted by Gasteiger charge is -2.32. The van der Waals surface area contributed by atoms with Crippen molar-refractivity contribution in [2.75, 3.05) is 31.9 Å². The molecule has 1 aromatic carbocycles. The summed E-state index contributed by atoms with van der Waals surface area (Å²) in [5.74, 6) is 1.71. The van der Waals surface area contributed by atoms with Crippen molar-refractivity contribution in [3.63, 3.8) is 0 Å². The fraction of sp³-hybridized carbons (Fsp3) is 0.333. The number of piperidine rings is 1. The molecule has 1 amide bonds. The number of aromatic nitrogens is 2. The molecule has 2 aliphatic rings. The van der Waals surface area contributed by atoms with Gasteiger partial charge in [0.05, 0.1) is 21.8 Å². The number of nitrogens with zero attached hydrogens (tertiary/aromatic N) is 3. The lowest BCUT2D eigenvalue weighted by molar-refractivity contribution is -0.117. The molecular formula is C24H26N4OS2. The Balaban J connectivity index is 1.06. The van der Waals surface area contributed by atoms with Crippen LogP contribution in [-0.4, -0.2) is 52.1 Å². The first kappa shape index (κ1) is 20.7. The van der Waals surface area contributed by atoms with Crippen LogP contribution in [0.15, 0.2) is 69.6 Å². The van der Waals surface area contributed by atoms with Gasteiger partial charge in [-0.15, -0.1) is 11.8 Å². The van der Waals surface area contributed by atoms with Crippen LogP contribution in [0.25, 0.3) is 11.7 Å². The molecule has 0 unspecified atom stereocenters. The minimum Gasteiger partial charge on any atom is -0.351 e. The number of imidazole rings is 1. The summed E-state index contributed by atoms with van der Waals surface area (Å²) < 4.78 is 2.09. The second-order valence-electron chi connectivity index (χ2n) is 8.01. The highest BCUT2D eigenvalue weighted by Crippen LogP contribution is 2.34. The van der Waals surface area contributed by atoms with Crippen molar-refractivity contribution >= 4 is 41.2 Å². The maximum Gasteiger partial charge on any atom is 0.258 e. The number of carbonyl (C=O) groups is 1. The van der Waals surface area contributed by atoms with Crippen LogP contribution in [0.2, 0.25) is 0 Å². The quantitative estimate of drug-likeness (QED) is 0.541. The molecule has 0 bridgehead atoms. The van der Waals surface area contributed by atoms with Gasteiger partial charge in [-0.05, 0) is 62.2 Å². The second kappa shape index (κ2) is 9.51. The summed E-state index contributed by atoms with van der Waals surface area (Å²) in [5.41, 5.74) is 1.89. The van der Waals surface area contributed by atoms with E-state index in [4.69, 9.17) is 0 Å². The molecule has 1 saturated heterocycles. The van der Waals surface area contributed by atoms with E-state index in [1.165, 1.54) is 16.7 Å². The molecule has 0 atom stereocenters.